The van der Waals surface area contributed by atoms with Crippen LogP contribution in [0.25, 0.3) is 0 Å². The Morgan fingerprint density at radius 3 is 2.55 bits per heavy atom. The molecule has 3 nitrogen and oxygen atoms in total. The van der Waals surface area contributed by atoms with Gasteiger partial charge in [-0.25, -0.2) is 4.98 Å². The Labute approximate surface area is 125 Å². The highest BCUT2D eigenvalue weighted by Crippen LogP contribution is 2.28. The molecular formula is C16H19ClN2O. The minimum atomic E-state index is 0.478. The molecule has 0 aliphatic carbocycles. The largest absolute Gasteiger partial charge is 0.455 e. The molecule has 0 aliphatic rings. The second-order valence-corrected chi connectivity index (χ2v) is 4.88. The number of hydrogen-bond donors (Lipinski definition) is 0. The molecule has 0 atom stereocenters. The van der Waals surface area contributed by atoms with Crippen LogP contribution in [0.5, 0.6) is 11.5 Å². The van der Waals surface area contributed by atoms with Gasteiger partial charge in [-0.1, -0.05) is 17.7 Å². The van der Waals surface area contributed by atoms with E-state index in [-0.39, 0.29) is 0 Å². The number of nitrogens with zero attached hydrogens (tertiary/aromatic N) is 2. The van der Waals surface area contributed by atoms with Crippen LogP contribution >= 0.6 is 11.6 Å². The summed E-state index contributed by atoms with van der Waals surface area (Å²) in [6, 6.07) is 11.7. The summed E-state index contributed by atoms with van der Waals surface area (Å²) in [5.41, 5.74) is 1.94. The summed E-state index contributed by atoms with van der Waals surface area (Å²) in [5.74, 6) is 1.53. The molecule has 1 aromatic carbocycles. The van der Waals surface area contributed by atoms with Gasteiger partial charge in [0.15, 0.2) is 0 Å². The number of aryl methyl sites for hydroxylation is 1. The van der Waals surface area contributed by atoms with Crippen LogP contribution in [0.4, 0.5) is 5.69 Å². The zero-order valence-corrected chi connectivity index (χ0v) is 12.8. The summed E-state index contributed by atoms with van der Waals surface area (Å²) in [7, 11) is 0. The van der Waals surface area contributed by atoms with Gasteiger partial charge in [0.05, 0.1) is 5.69 Å². The van der Waals surface area contributed by atoms with Gasteiger partial charge in [-0.3, -0.25) is 0 Å². The Kier molecular flexibility index (Phi) is 4.85. The normalized spacial score (nSPS) is 10.4. The zero-order chi connectivity index (χ0) is 14.5. The number of aromatic nitrogens is 1. The number of rotatable bonds is 5. The molecule has 0 spiro atoms. The van der Waals surface area contributed by atoms with Gasteiger partial charge in [0.25, 0.3) is 0 Å². The van der Waals surface area contributed by atoms with E-state index in [1.54, 1.807) is 6.07 Å². The number of benzene rings is 1. The summed E-state index contributed by atoms with van der Waals surface area (Å²) in [4.78, 5) is 6.47. The summed E-state index contributed by atoms with van der Waals surface area (Å²) >= 11 is 5.85. The van der Waals surface area contributed by atoms with Crippen molar-refractivity contribution in [2.45, 2.75) is 20.8 Å². The average Bonchev–Trinajstić information content (AvgIpc) is 2.44. The van der Waals surface area contributed by atoms with E-state index in [9.17, 15) is 0 Å². The summed E-state index contributed by atoms with van der Waals surface area (Å²) < 4.78 is 5.90. The molecular weight excluding hydrogens is 272 g/mol. The van der Waals surface area contributed by atoms with E-state index in [0.29, 0.717) is 5.15 Å². The fraction of sp³-hybridized carbons (Fsp3) is 0.312. The molecule has 106 valence electrons. The van der Waals surface area contributed by atoms with Gasteiger partial charge >= 0.3 is 0 Å². The third-order valence-corrected chi connectivity index (χ3v) is 3.39. The molecule has 2 aromatic rings. The van der Waals surface area contributed by atoms with E-state index in [4.69, 9.17) is 16.3 Å². The van der Waals surface area contributed by atoms with Crippen molar-refractivity contribution in [1.29, 1.82) is 0 Å². The highest BCUT2D eigenvalue weighted by atomic mass is 35.5. The highest BCUT2D eigenvalue weighted by molar-refractivity contribution is 6.29. The molecule has 0 aliphatic heterocycles. The second-order valence-electron chi connectivity index (χ2n) is 4.49. The fourth-order valence-corrected chi connectivity index (χ4v) is 2.27. The Morgan fingerprint density at radius 2 is 1.90 bits per heavy atom. The Bertz CT molecular complexity index is 582. The van der Waals surface area contributed by atoms with Crippen LogP contribution in [0.2, 0.25) is 5.15 Å². The number of ether oxygens (including phenoxy) is 1. The minimum Gasteiger partial charge on any atom is -0.455 e. The van der Waals surface area contributed by atoms with E-state index in [2.05, 4.69) is 29.8 Å². The maximum Gasteiger partial charge on any atom is 0.148 e. The lowest BCUT2D eigenvalue weighted by Crippen LogP contribution is -2.21. The van der Waals surface area contributed by atoms with Crippen LogP contribution in [0.3, 0.4) is 0 Å². The highest BCUT2D eigenvalue weighted by Gasteiger charge is 2.06. The predicted octanol–water partition coefficient (Wildman–Crippen LogP) is 4.68. The molecule has 0 N–H and O–H groups in total. The molecule has 4 heteroatoms. The molecule has 0 fully saturated rings. The molecule has 1 heterocycles. The van der Waals surface area contributed by atoms with Crippen LogP contribution in [0.15, 0.2) is 36.4 Å². The first-order chi connectivity index (χ1) is 9.63. The molecule has 0 radical (unpaired) electrons. The lowest BCUT2D eigenvalue weighted by molar-refractivity contribution is 0.475. The SMILES string of the molecule is CCN(CC)c1cccc(Oc2ccc(Cl)nc2C)c1. The molecule has 2 rings (SSSR count). The van der Waals surface area contributed by atoms with Crippen LogP contribution < -0.4 is 9.64 Å². The maximum absolute atomic E-state index is 5.90. The smallest absolute Gasteiger partial charge is 0.148 e. The topological polar surface area (TPSA) is 25.4 Å². The monoisotopic (exact) mass is 290 g/mol. The van der Waals surface area contributed by atoms with Crippen molar-refractivity contribution >= 4 is 17.3 Å². The molecule has 0 unspecified atom stereocenters. The third-order valence-electron chi connectivity index (χ3n) is 3.18. The molecule has 0 saturated heterocycles. The van der Waals surface area contributed by atoms with E-state index in [0.717, 1.165) is 36.0 Å². The average molecular weight is 291 g/mol. The van der Waals surface area contributed by atoms with Crippen molar-refractivity contribution in [2.75, 3.05) is 18.0 Å². The predicted molar refractivity (Wildman–Crippen MR) is 84.1 cm³/mol. The van der Waals surface area contributed by atoms with Gasteiger partial charge in [0.2, 0.25) is 0 Å². The number of hydrogen-bond acceptors (Lipinski definition) is 3. The van der Waals surface area contributed by atoms with Gasteiger partial charge in [-0.05, 0) is 45.0 Å². The van der Waals surface area contributed by atoms with E-state index >= 15 is 0 Å². The van der Waals surface area contributed by atoms with Crippen molar-refractivity contribution in [2.24, 2.45) is 0 Å². The van der Waals surface area contributed by atoms with E-state index in [1.807, 2.05) is 31.2 Å². The van der Waals surface area contributed by atoms with Gasteiger partial charge in [0, 0.05) is 24.8 Å². The minimum absolute atomic E-state index is 0.478. The number of anilines is 1. The Balaban J connectivity index is 2.23. The number of halogens is 1. The second kappa shape index (κ2) is 6.62. The van der Waals surface area contributed by atoms with Gasteiger partial charge in [-0.15, -0.1) is 0 Å². The molecule has 0 bridgehead atoms. The van der Waals surface area contributed by atoms with Gasteiger partial charge in [0.1, 0.15) is 16.7 Å². The number of pyridine rings is 1. The first-order valence-corrected chi connectivity index (χ1v) is 7.17. The van der Waals surface area contributed by atoms with Crippen LogP contribution in [-0.2, 0) is 0 Å². The summed E-state index contributed by atoms with van der Waals surface area (Å²) in [6.45, 7) is 8.12. The van der Waals surface area contributed by atoms with Crippen LogP contribution in [0.1, 0.15) is 19.5 Å². The fourth-order valence-electron chi connectivity index (χ4n) is 2.08. The van der Waals surface area contributed by atoms with Crippen molar-refractivity contribution in [3.8, 4) is 11.5 Å². The molecule has 20 heavy (non-hydrogen) atoms. The van der Waals surface area contributed by atoms with E-state index < -0.39 is 0 Å². The van der Waals surface area contributed by atoms with Crippen molar-refractivity contribution in [3.63, 3.8) is 0 Å². The Hall–Kier alpha value is -1.74. The third kappa shape index (κ3) is 3.42. The van der Waals surface area contributed by atoms with Gasteiger partial charge in [-0.2, -0.15) is 0 Å². The maximum atomic E-state index is 5.90. The van der Waals surface area contributed by atoms with Crippen LogP contribution in [-0.4, -0.2) is 18.1 Å². The molecule has 0 saturated carbocycles. The van der Waals surface area contributed by atoms with Gasteiger partial charge < -0.3 is 9.64 Å². The first kappa shape index (κ1) is 14.7. The van der Waals surface area contributed by atoms with Crippen molar-refractivity contribution < 1.29 is 4.74 Å². The van der Waals surface area contributed by atoms with Crippen LogP contribution in [0, 0.1) is 6.92 Å². The summed E-state index contributed by atoms with van der Waals surface area (Å²) in [6.07, 6.45) is 0. The van der Waals surface area contributed by atoms with E-state index in [1.165, 1.54) is 0 Å². The van der Waals surface area contributed by atoms with Crippen molar-refractivity contribution in [3.05, 3.63) is 47.2 Å². The molecule has 0 amide bonds. The zero-order valence-electron chi connectivity index (χ0n) is 12.1. The lowest BCUT2D eigenvalue weighted by Gasteiger charge is -2.21. The molecule has 1 aromatic heterocycles. The first-order valence-electron chi connectivity index (χ1n) is 6.80. The lowest BCUT2D eigenvalue weighted by atomic mass is 10.2. The quantitative estimate of drug-likeness (QED) is 0.748. The summed E-state index contributed by atoms with van der Waals surface area (Å²) in [5, 5.41) is 0.478. The standard InChI is InChI=1S/C16H19ClN2O/c1-4-19(5-2)13-7-6-8-14(11-13)20-15-9-10-16(17)18-12(15)3/h6-11H,4-5H2,1-3H3. The Morgan fingerprint density at radius 1 is 1.15 bits per heavy atom. The van der Waals surface area contributed by atoms with Crippen molar-refractivity contribution in [1.82, 2.24) is 4.98 Å².